The van der Waals surface area contributed by atoms with Crippen LogP contribution < -0.4 is 0 Å². The van der Waals surface area contributed by atoms with E-state index in [-0.39, 0.29) is 5.91 Å². The molecule has 1 amide bonds. The summed E-state index contributed by atoms with van der Waals surface area (Å²) in [6.45, 7) is 6.78. The molecule has 1 saturated heterocycles. The van der Waals surface area contributed by atoms with Gasteiger partial charge in [-0.2, -0.15) is 0 Å². The first-order valence-corrected chi connectivity index (χ1v) is 7.01. The monoisotopic (exact) mass is 278 g/mol. The summed E-state index contributed by atoms with van der Waals surface area (Å²) in [4.78, 5) is 16.3. The first-order valence-electron chi connectivity index (χ1n) is 6.64. The number of amides is 1. The summed E-state index contributed by atoms with van der Waals surface area (Å²) in [5.74, 6) is 0.0886. The maximum absolute atomic E-state index is 12.0. The van der Waals surface area contributed by atoms with Crippen LogP contribution in [0.4, 0.5) is 0 Å². The zero-order valence-electron chi connectivity index (χ0n) is 11.2. The molecular weight excluding hydrogens is 260 g/mol. The minimum absolute atomic E-state index is 0.0886. The largest absolute Gasteiger partial charge is 0.337 e. The number of likely N-dealkylation sites (N-methyl/N-ethyl adjacent to an activating group) is 1. The molecule has 1 aliphatic heterocycles. The molecule has 0 radical (unpaired) electrons. The molecule has 0 unspecified atom stereocenters. The number of carbonyl (C=O) groups excluding carboxylic acids is 1. The fourth-order valence-corrected chi connectivity index (χ4v) is 2.26. The topological polar surface area (TPSA) is 23.6 Å². The summed E-state index contributed by atoms with van der Waals surface area (Å²) >= 11 is 5.82. The Bertz CT molecular complexity index is 448. The molecule has 0 aromatic heterocycles. The van der Waals surface area contributed by atoms with Gasteiger partial charge in [0.25, 0.3) is 0 Å². The van der Waals surface area contributed by atoms with Gasteiger partial charge in [-0.05, 0) is 30.3 Å². The third-order valence-electron chi connectivity index (χ3n) is 3.42. The van der Waals surface area contributed by atoms with E-state index in [0.29, 0.717) is 5.02 Å². The molecule has 1 aliphatic rings. The fraction of sp³-hybridized carbons (Fsp3) is 0.400. The Labute approximate surface area is 119 Å². The smallest absolute Gasteiger partial charge is 0.246 e. The van der Waals surface area contributed by atoms with Crippen LogP contribution in [0.2, 0.25) is 5.02 Å². The number of halogens is 1. The van der Waals surface area contributed by atoms with Crippen LogP contribution in [0.25, 0.3) is 6.08 Å². The number of hydrogen-bond acceptors (Lipinski definition) is 2. The lowest BCUT2D eigenvalue weighted by atomic mass is 10.2. The second-order valence-electron chi connectivity index (χ2n) is 4.64. The maximum atomic E-state index is 12.0. The Balaban J connectivity index is 1.89. The van der Waals surface area contributed by atoms with Crippen molar-refractivity contribution < 1.29 is 4.79 Å². The van der Waals surface area contributed by atoms with Crippen LogP contribution >= 0.6 is 11.6 Å². The normalized spacial score (nSPS) is 17.1. The van der Waals surface area contributed by atoms with Crippen LogP contribution in [-0.2, 0) is 4.79 Å². The molecule has 0 bridgehead atoms. The summed E-state index contributed by atoms with van der Waals surface area (Å²) < 4.78 is 0. The van der Waals surface area contributed by atoms with Crippen LogP contribution in [0.15, 0.2) is 30.3 Å². The molecule has 0 saturated carbocycles. The molecule has 1 aromatic rings. The number of carbonyl (C=O) groups is 1. The van der Waals surface area contributed by atoms with Crippen molar-refractivity contribution in [3.63, 3.8) is 0 Å². The molecule has 0 atom stereocenters. The summed E-state index contributed by atoms with van der Waals surface area (Å²) in [7, 11) is 0. The predicted molar refractivity (Wildman–Crippen MR) is 79.2 cm³/mol. The van der Waals surface area contributed by atoms with Gasteiger partial charge in [0.05, 0.1) is 0 Å². The number of benzene rings is 1. The highest BCUT2D eigenvalue weighted by Crippen LogP contribution is 2.11. The van der Waals surface area contributed by atoms with Gasteiger partial charge in [0.2, 0.25) is 5.91 Å². The molecule has 3 nitrogen and oxygen atoms in total. The van der Waals surface area contributed by atoms with Crippen molar-refractivity contribution in [2.45, 2.75) is 6.92 Å². The first kappa shape index (κ1) is 14.1. The molecule has 0 aliphatic carbocycles. The molecule has 2 rings (SSSR count). The number of rotatable bonds is 3. The SMILES string of the molecule is CCN1CCN(C(=O)C=Cc2ccc(Cl)cc2)CC1. The van der Waals surface area contributed by atoms with E-state index in [1.165, 1.54) is 0 Å². The van der Waals surface area contributed by atoms with Gasteiger partial charge >= 0.3 is 0 Å². The number of piperazine rings is 1. The Morgan fingerprint density at radius 3 is 2.42 bits per heavy atom. The van der Waals surface area contributed by atoms with Crippen molar-refractivity contribution in [1.29, 1.82) is 0 Å². The lowest BCUT2D eigenvalue weighted by Gasteiger charge is -2.33. The zero-order chi connectivity index (χ0) is 13.7. The third kappa shape index (κ3) is 4.08. The van der Waals surface area contributed by atoms with Crippen molar-refractivity contribution in [1.82, 2.24) is 9.80 Å². The molecule has 0 spiro atoms. The molecular formula is C15H19ClN2O. The lowest BCUT2D eigenvalue weighted by Crippen LogP contribution is -2.48. The van der Waals surface area contributed by atoms with Crippen molar-refractivity contribution in [2.24, 2.45) is 0 Å². The van der Waals surface area contributed by atoms with Crippen molar-refractivity contribution in [2.75, 3.05) is 32.7 Å². The summed E-state index contributed by atoms with van der Waals surface area (Å²) in [5, 5.41) is 0.708. The summed E-state index contributed by atoms with van der Waals surface area (Å²) in [6.07, 6.45) is 3.48. The average Bonchev–Trinajstić information content (AvgIpc) is 2.46. The molecule has 1 aromatic carbocycles. The van der Waals surface area contributed by atoms with Crippen LogP contribution in [0, 0.1) is 0 Å². The molecule has 4 heteroatoms. The van der Waals surface area contributed by atoms with Gasteiger partial charge in [-0.15, -0.1) is 0 Å². The van der Waals surface area contributed by atoms with Crippen LogP contribution in [-0.4, -0.2) is 48.4 Å². The number of hydrogen-bond donors (Lipinski definition) is 0. The van der Waals surface area contributed by atoms with Crippen molar-refractivity contribution in [3.05, 3.63) is 40.9 Å². The Hall–Kier alpha value is -1.32. The van der Waals surface area contributed by atoms with Crippen LogP contribution in [0.5, 0.6) is 0 Å². The second kappa shape index (κ2) is 6.73. The van der Waals surface area contributed by atoms with E-state index < -0.39 is 0 Å². The van der Waals surface area contributed by atoms with Crippen LogP contribution in [0.3, 0.4) is 0 Å². The molecule has 0 N–H and O–H groups in total. The molecule has 1 fully saturated rings. The minimum Gasteiger partial charge on any atom is -0.337 e. The second-order valence-corrected chi connectivity index (χ2v) is 5.08. The summed E-state index contributed by atoms with van der Waals surface area (Å²) in [6, 6.07) is 7.46. The maximum Gasteiger partial charge on any atom is 0.246 e. The van der Waals surface area contributed by atoms with Gasteiger partial charge in [-0.1, -0.05) is 30.7 Å². The van der Waals surface area contributed by atoms with Gasteiger partial charge in [0.15, 0.2) is 0 Å². The standard InChI is InChI=1S/C15H19ClN2O/c1-2-17-9-11-18(12-10-17)15(19)8-5-13-3-6-14(16)7-4-13/h3-8H,2,9-12H2,1H3. The molecule has 102 valence electrons. The predicted octanol–water partition coefficient (Wildman–Crippen LogP) is 2.52. The van der Waals surface area contributed by atoms with E-state index in [0.717, 1.165) is 38.3 Å². The van der Waals surface area contributed by atoms with Gasteiger partial charge in [0.1, 0.15) is 0 Å². The lowest BCUT2D eigenvalue weighted by molar-refractivity contribution is -0.127. The molecule has 19 heavy (non-hydrogen) atoms. The summed E-state index contributed by atoms with van der Waals surface area (Å²) in [5.41, 5.74) is 0.991. The highest BCUT2D eigenvalue weighted by atomic mass is 35.5. The van der Waals surface area contributed by atoms with E-state index in [9.17, 15) is 4.79 Å². The Morgan fingerprint density at radius 2 is 1.84 bits per heavy atom. The van der Waals surface area contributed by atoms with E-state index in [1.54, 1.807) is 6.08 Å². The highest BCUT2D eigenvalue weighted by molar-refractivity contribution is 6.30. The zero-order valence-corrected chi connectivity index (χ0v) is 11.9. The van der Waals surface area contributed by atoms with E-state index >= 15 is 0 Å². The van der Waals surface area contributed by atoms with Crippen molar-refractivity contribution >= 4 is 23.6 Å². The third-order valence-corrected chi connectivity index (χ3v) is 3.67. The Kier molecular flexibility index (Phi) is 5.00. The average molecular weight is 279 g/mol. The van der Waals surface area contributed by atoms with E-state index in [2.05, 4.69) is 11.8 Å². The van der Waals surface area contributed by atoms with E-state index in [1.807, 2.05) is 35.2 Å². The van der Waals surface area contributed by atoms with Gasteiger partial charge in [-0.25, -0.2) is 0 Å². The quantitative estimate of drug-likeness (QED) is 0.793. The minimum atomic E-state index is 0.0886. The fourth-order valence-electron chi connectivity index (χ4n) is 2.13. The Morgan fingerprint density at radius 1 is 1.21 bits per heavy atom. The van der Waals surface area contributed by atoms with E-state index in [4.69, 9.17) is 11.6 Å². The highest BCUT2D eigenvalue weighted by Gasteiger charge is 2.17. The molecule has 1 heterocycles. The van der Waals surface area contributed by atoms with Gasteiger partial charge < -0.3 is 9.80 Å². The van der Waals surface area contributed by atoms with Gasteiger partial charge in [0, 0.05) is 37.3 Å². The first-order chi connectivity index (χ1) is 9.19. The van der Waals surface area contributed by atoms with Crippen molar-refractivity contribution in [3.8, 4) is 0 Å². The number of nitrogens with zero attached hydrogens (tertiary/aromatic N) is 2. The van der Waals surface area contributed by atoms with Gasteiger partial charge in [-0.3, -0.25) is 4.79 Å². The van der Waals surface area contributed by atoms with Crippen LogP contribution in [0.1, 0.15) is 12.5 Å².